The highest BCUT2D eigenvalue weighted by Crippen LogP contribution is 2.16. The van der Waals surface area contributed by atoms with Crippen LogP contribution in [0.2, 0.25) is 5.02 Å². The van der Waals surface area contributed by atoms with Crippen LogP contribution in [0, 0.1) is 0 Å². The molecule has 1 aromatic heterocycles. The van der Waals surface area contributed by atoms with Gasteiger partial charge in [0.05, 0.1) is 0 Å². The van der Waals surface area contributed by atoms with E-state index in [1.165, 1.54) is 19.3 Å². The second-order valence-electron chi connectivity index (χ2n) is 6.19. The van der Waals surface area contributed by atoms with Crippen molar-refractivity contribution in [1.82, 2.24) is 20.1 Å². The predicted octanol–water partition coefficient (Wildman–Crippen LogP) is 2.95. The van der Waals surface area contributed by atoms with E-state index in [0.29, 0.717) is 19.4 Å². The van der Waals surface area contributed by atoms with Gasteiger partial charge in [0.2, 0.25) is 5.91 Å². The molecule has 0 aliphatic carbocycles. The van der Waals surface area contributed by atoms with Crippen molar-refractivity contribution in [1.29, 1.82) is 0 Å². The Morgan fingerprint density at radius 1 is 1.17 bits per heavy atom. The van der Waals surface area contributed by atoms with Crippen LogP contribution in [0.1, 0.15) is 42.9 Å². The second kappa shape index (κ2) is 8.29. The van der Waals surface area contributed by atoms with E-state index in [-0.39, 0.29) is 5.91 Å². The molecule has 24 heavy (non-hydrogen) atoms. The highest BCUT2D eigenvalue weighted by molar-refractivity contribution is 6.31. The van der Waals surface area contributed by atoms with Crippen LogP contribution in [-0.4, -0.2) is 27.2 Å². The molecule has 5 nitrogen and oxygen atoms in total. The first-order valence-corrected chi connectivity index (χ1v) is 9.03. The number of hydrogen-bond acceptors (Lipinski definition) is 3. The summed E-state index contributed by atoms with van der Waals surface area (Å²) in [7, 11) is 0. The summed E-state index contributed by atoms with van der Waals surface area (Å²) in [5.41, 5.74) is 1.01. The number of fused-ring (bicyclic) bond motifs is 1. The summed E-state index contributed by atoms with van der Waals surface area (Å²) >= 11 is 6.11. The largest absolute Gasteiger partial charge is 0.356 e. The summed E-state index contributed by atoms with van der Waals surface area (Å²) in [5.74, 6) is 2.12. The molecule has 2 heterocycles. The number of amides is 1. The van der Waals surface area contributed by atoms with Crippen molar-refractivity contribution < 1.29 is 4.79 Å². The van der Waals surface area contributed by atoms with Crippen LogP contribution in [0.3, 0.4) is 0 Å². The van der Waals surface area contributed by atoms with E-state index >= 15 is 0 Å². The van der Waals surface area contributed by atoms with Gasteiger partial charge >= 0.3 is 0 Å². The summed E-state index contributed by atoms with van der Waals surface area (Å²) in [6.07, 6.45) is 6.47. The lowest BCUT2D eigenvalue weighted by atomic mass is 10.1. The van der Waals surface area contributed by atoms with Gasteiger partial charge in [0.15, 0.2) is 0 Å². The Bertz CT molecular complexity index is 698. The zero-order chi connectivity index (χ0) is 16.8. The molecule has 1 N–H and O–H groups in total. The lowest BCUT2D eigenvalue weighted by Crippen LogP contribution is -2.26. The molecule has 1 amide bonds. The Balaban J connectivity index is 1.44. The van der Waals surface area contributed by atoms with Crippen LogP contribution in [0.4, 0.5) is 0 Å². The fraction of sp³-hybridized carbons (Fsp3) is 0.500. The molecule has 0 unspecified atom stereocenters. The van der Waals surface area contributed by atoms with Crippen molar-refractivity contribution in [2.24, 2.45) is 0 Å². The number of halogens is 1. The topological polar surface area (TPSA) is 59.8 Å². The quantitative estimate of drug-likeness (QED) is 0.874. The van der Waals surface area contributed by atoms with E-state index in [1.807, 2.05) is 24.3 Å². The van der Waals surface area contributed by atoms with Gasteiger partial charge in [-0.25, -0.2) is 0 Å². The Hall–Kier alpha value is -1.88. The average Bonchev–Trinajstić information content (AvgIpc) is 2.81. The summed E-state index contributed by atoms with van der Waals surface area (Å²) in [5, 5.41) is 12.3. The molecule has 1 aromatic carbocycles. The molecule has 0 saturated carbocycles. The van der Waals surface area contributed by atoms with Crippen molar-refractivity contribution >= 4 is 17.5 Å². The van der Waals surface area contributed by atoms with Crippen molar-refractivity contribution in [3.05, 3.63) is 46.5 Å². The third-order valence-electron chi connectivity index (χ3n) is 4.44. The van der Waals surface area contributed by atoms with Crippen LogP contribution in [0.5, 0.6) is 0 Å². The molecule has 0 radical (unpaired) electrons. The minimum atomic E-state index is 0.0468. The molecular formula is C18H23ClN4O. The minimum absolute atomic E-state index is 0.0468. The van der Waals surface area contributed by atoms with E-state index in [1.54, 1.807) is 0 Å². The van der Waals surface area contributed by atoms with E-state index in [9.17, 15) is 4.79 Å². The molecule has 128 valence electrons. The summed E-state index contributed by atoms with van der Waals surface area (Å²) in [6.45, 7) is 1.59. The molecule has 1 aliphatic rings. The minimum Gasteiger partial charge on any atom is -0.356 e. The van der Waals surface area contributed by atoms with Gasteiger partial charge in [-0.05, 0) is 30.9 Å². The fourth-order valence-corrected chi connectivity index (χ4v) is 3.31. The monoisotopic (exact) mass is 346 g/mol. The highest BCUT2D eigenvalue weighted by Gasteiger charge is 2.14. The normalized spacial score (nSPS) is 14.0. The molecule has 6 heteroatoms. The summed E-state index contributed by atoms with van der Waals surface area (Å²) < 4.78 is 2.23. The molecule has 2 aromatic rings. The van der Waals surface area contributed by atoms with E-state index in [4.69, 9.17) is 11.6 Å². The number of benzene rings is 1. The van der Waals surface area contributed by atoms with Crippen molar-refractivity contribution in [3.63, 3.8) is 0 Å². The number of hydrogen-bond donors (Lipinski definition) is 1. The van der Waals surface area contributed by atoms with E-state index in [0.717, 1.165) is 41.6 Å². The van der Waals surface area contributed by atoms with E-state index < -0.39 is 0 Å². The molecule has 0 atom stereocenters. The van der Waals surface area contributed by atoms with Gasteiger partial charge < -0.3 is 9.88 Å². The zero-order valence-electron chi connectivity index (χ0n) is 13.8. The predicted molar refractivity (Wildman–Crippen MR) is 94.1 cm³/mol. The number of rotatable bonds is 6. The number of nitrogens with one attached hydrogen (secondary N) is 1. The number of nitrogens with zero attached hydrogens (tertiary/aromatic N) is 3. The van der Waals surface area contributed by atoms with E-state index in [2.05, 4.69) is 20.1 Å². The SMILES string of the molecule is O=C(CCc1ccccc1Cl)NCCc1nnc2n1CCCCC2. The van der Waals surface area contributed by atoms with Crippen LogP contribution < -0.4 is 5.32 Å². The van der Waals surface area contributed by atoms with Crippen LogP contribution >= 0.6 is 11.6 Å². The Labute approximate surface area is 147 Å². The van der Waals surface area contributed by atoms with Gasteiger partial charge in [0, 0.05) is 37.4 Å². The molecule has 0 fully saturated rings. The molecule has 0 saturated heterocycles. The number of aryl methyl sites for hydroxylation is 2. The zero-order valence-corrected chi connectivity index (χ0v) is 14.6. The third kappa shape index (κ3) is 4.35. The lowest BCUT2D eigenvalue weighted by molar-refractivity contribution is -0.121. The first kappa shape index (κ1) is 17.0. The van der Waals surface area contributed by atoms with Crippen molar-refractivity contribution in [3.8, 4) is 0 Å². The van der Waals surface area contributed by atoms with Gasteiger partial charge in [-0.15, -0.1) is 10.2 Å². The number of aromatic nitrogens is 3. The molecule has 3 rings (SSSR count). The van der Waals surface area contributed by atoms with Crippen molar-refractivity contribution in [2.45, 2.75) is 51.5 Å². The fourth-order valence-electron chi connectivity index (χ4n) is 3.08. The maximum Gasteiger partial charge on any atom is 0.220 e. The van der Waals surface area contributed by atoms with Gasteiger partial charge in [0.25, 0.3) is 0 Å². The van der Waals surface area contributed by atoms with Gasteiger partial charge in [-0.3, -0.25) is 4.79 Å². The average molecular weight is 347 g/mol. The first-order chi connectivity index (χ1) is 11.7. The summed E-state index contributed by atoms with van der Waals surface area (Å²) in [6, 6.07) is 7.65. The number of carbonyl (C=O) groups excluding carboxylic acids is 1. The molecule has 1 aliphatic heterocycles. The van der Waals surface area contributed by atoms with Crippen LogP contribution in [0.15, 0.2) is 24.3 Å². The van der Waals surface area contributed by atoms with Gasteiger partial charge in [-0.2, -0.15) is 0 Å². The summed E-state index contributed by atoms with van der Waals surface area (Å²) in [4.78, 5) is 12.0. The Morgan fingerprint density at radius 2 is 2.04 bits per heavy atom. The molecule has 0 bridgehead atoms. The maximum atomic E-state index is 12.0. The molecular weight excluding hydrogens is 324 g/mol. The first-order valence-electron chi connectivity index (χ1n) is 8.65. The second-order valence-corrected chi connectivity index (χ2v) is 6.59. The highest BCUT2D eigenvalue weighted by atomic mass is 35.5. The molecule has 0 spiro atoms. The maximum absolute atomic E-state index is 12.0. The lowest BCUT2D eigenvalue weighted by Gasteiger charge is -2.08. The van der Waals surface area contributed by atoms with Crippen LogP contribution in [0.25, 0.3) is 0 Å². The van der Waals surface area contributed by atoms with Crippen LogP contribution in [-0.2, 0) is 30.6 Å². The number of carbonyl (C=O) groups is 1. The third-order valence-corrected chi connectivity index (χ3v) is 4.80. The van der Waals surface area contributed by atoms with Gasteiger partial charge in [-0.1, -0.05) is 36.2 Å². The Morgan fingerprint density at radius 3 is 2.92 bits per heavy atom. The van der Waals surface area contributed by atoms with Gasteiger partial charge in [0.1, 0.15) is 11.6 Å². The Kier molecular flexibility index (Phi) is 5.86. The standard InChI is InChI=1S/C18H23ClN4O/c19-15-7-4-3-6-14(15)9-10-18(24)20-12-11-17-22-21-16-8-2-1-5-13-23(16)17/h3-4,6-7H,1-2,5,8-13H2,(H,20,24). The van der Waals surface area contributed by atoms with Crippen molar-refractivity contribution in [2.75, 3.05) is 6.54 Å². The smallest absolute Gasteiger partial charge is 0.220 e.